The lowest BCUT2D eigenvalue weighted by Crippen LogP contribution is -2.48. The molecule has 1 aliphatic heterocycles. The molecule has 1 atom stereocenters. The van der Waals surface area contributed by atoms with Gasteiger partial charge in [-0.25, -0.2) is 4.39 Å². The molecule has 108 valence electrons. The molecule has 5 nitrogen and oxygen atoms in total. The molecule has 0 saturated carbocycles. The van der Waals surface area contributed by atoms with Gasteiger partial charge in [0, 0.05) is 13.2 Å². The Kier molecular flexibility index (Phi) is 5.25. The Morgan fingerprint density at radius 3 is 2.90 bits per heavy atom. The van der Waals surface area contributed by atoms with E-state index in [-0.39, 0.29) is 16.8 Å². The summed E-state index contributed by atoms with van der Waals surface area (Å²) >= 11 is 5.00. The highest BCUT2D eigenvalue weighted by Crippen LogP contribution is 2.10. The number of nitrogens with one attached hydrogen (secondary N) is 3. The Morgan fingerprint density at radius 1 is 1.40 bits per heavy atom. The van der Waals surface area contributed by atoms with Gasteiger partial charge in [-0.3, -0.25) is 15.6 Å². The second-order valence-electron chi connectivity index (χ2n) is 4.40. The number of amides is 1. The van der Waals surface area contributed by atoms with Crippen molar-refractivity contribution in [3.8, 4) is 0 Å². The van der Waals surface area contributed by atoms with Crippen molar-refractivity contribution in [3.05, 3.63) is 35.6 Å². The van der Waals surface area contributed by atoms with Crippen LogP contribution in [0.5, 0.6) is 0 Å². The van der Waals surface area contributed by atoms with Gasteiger partial charge in [-0.2, -0.15) is 0 Å². The van der Waals surface area contributed by atoms with Crippen LogP contribution in [0, 0.1) is 5.82 Å². The Labute approximate surface area is 121 Å². The fraction of sp³-hybridized carbons (Fsp3) is 0.385. The van der Waals surface area contributed by atoms with Gasteiger partial charge in [0.2, 0.25) is 0 Å². The van der Waals surface area contributed by atoms with Crippen LogP contribution in [0.15, 0.2) is 24.3 Å². The largest absolute Gasteiger partial charge is 0.376 e. The van der Waals surface area contributed by atoms with E-state index < -0.39 is 11.7 Å². The summed E-state index contributed by atoms with van der Waals surface area (Å²) in [6.45, 7) is 1.36. The van der Waals surface area contributed by atoms with Gasteiger partial charge in [-0.15, -0.1) is 0 Å². The maximum absolute atomic E-state index is 13.4. The molecular weight excluding hydrogens is 281 g/mol. The first kappa shape index (κ1) is 14.7. The summed E-state index contributed by atoms with van der Waals surface area (Å²) in [5.74, 6) is -1.16. The van der Waals surface area contributed by atoms with Gasteiger partial charge in [-0.1, -0.05) is 12.1 Å². The van der Waals surface area contributed by atoms with Crippen molar-refractivity contribution in [1.82, 2.24) is 16.2 Å². The molecule has 1 aliphatic rings. The van der Waals surface area contributed by atoms with Gasteiger partial charge in [0.1, 0.15) is 5.82 Å². The quantitative estimate of drug-likeness (QED) is 0.576. The fourth-order valence-electron chi connectivity index (χ4n) is 1.88. The van der Waals surface area contributed by atoms with Crippen molar-refractivity contribution in [2.45, 2.75) is 18.9 Å². The third-order valence-corrected chi connectivity index (χ3v) is 3.17. The Bertz CT molecular complexity index is 492. The molecule has 1 saturated heterocycles. The number of hydrazine groups is 1. The minimum atomic E-state index is -0.579. The molecule has 1 fully saturated rings. The second-order valence-corrected chi connectivity index (χ2v) is 4.81. The van der Waals surface area contributed by atoms with Crippen LogP contribution in [0.4, 0.5) is 4.39 Å². The number of rotatable bonds is 3. The number of carbonyl (C=O) groups excluding carboxylic acids is 1. The topological polar surface area (TPSA) is 62.4 Å². The van der Waals surface area contributed by atoms with Crippen molar-refractivity contribution in [2.24, 2.45) is 0 Å². The zero-order chi connectivity index (χ0) is 14.4. The summed E-state index contributed by atoms with van der Waals surface area (Å²) in [5, 5.41) is 3.20. The van der Waals surface area contributed by atoms with Crippen molar-refractivity contribution < 1.29 is 13.9 Å². The summed E-state index contributed by atoms with van der Waals surface area (Å²) in [6, 6.07) is 5.73. The molecule has 1 amide bonds. The predicted molar refractivity (Wildman–Crippen MR) is 76.6 cm³/mol. The third-order valence-electron chi connectivity index (χ3n) is 2.92. The van der Waals surface area contributed by atoms with E-state index in [9.17, 15) is 9.18 Å². The van der Waals surface area contributed by atoms with Crippen LogP contribution in [-0.4, -0.2) is 30.3 Å². The molecule has 3 N–H and O–H groups in total. The summed E-state index contributed by atoms with van der Waals surface area (Å²) in [6.07, 6.45) is 2.20. The summed E-state index contributed by atoms with van der Waals surface area (Å²) in [5.41, 5.74) is 4.83. The van der Waals surface area contributed by atoms with Crippen LogP contribution < -0.4 is 16.2 Å². The lowest BCUT2D eigenvalue weighted by molar-refractivity contribution is 0.0939. The van der Waals surface area contributed by atoms with Crippen LogP contribution in [-0.2, 0) is 4.74 Å². The summed E-state index contributed by atoms with van der Waals surface area (Å²) in [4.78, 5) is 11.7. The van der Waals surface area contributed by atoms with Crippen molar-refractivity contribution >= 4 is 23.2 Å². The average molecular weight is 297 g/mol. The zero-order valence-corrected chi connectivity index (χ0v) is 11.6. The van der Waals surface area contributed by atoms with Gasteiger partial charge in [-0.05, 0) is 37.2 Å². The Morgan fingerprint density at radius 2 is 2.20 bits per heavy atom. The second kappa shape index (κ2) is 7.16. The van der Waals surface area contributed by atoms with E-state index in [0.717, 1.165) is 19.4 Å². The molecule has 7 heteroatoms. The molecule has 1 aromatic rings. The zero-order valence-electron chi connectivity index (χ0n) is 10.8. The first-order chi connectivity index (χ1) is 9.66. The number of ether oxygens (including phenoxy) is 1. The van der Waals surface area contributed by atoms with E-state index in [1.54, 1.807) is 6.07 Å². The molecule has 0 aromatic heterocycles. The van der Waals surface area contributed by atoms with E-state index in [0.29, 0.717) is 6.54 Å². The van der Waals surface area contributed by atoms with Gasteiger partial charge in [0.15, 0.2) is 5.11 Å². The average Bonchev–Trinajstić information content (AvgIpc) is 2.96. The highest BCUT2D eigenvalue weighted by atomic mass is 32.1. The Balaban J connectivity index is 1.72. The number of thiocarbonyl (C=S) groups is 1. The van der Waals surface area contributed by atoms with Crippen molar-refractivity contribution in [2.75, 3.05) is 13.2 Å². The van der Waals surface area contributed by atoms with Gasteiger partial charge < -0.3 is 10.1 Å². The van der Waals surface area contributed by atoms with Gasteiger partial charge in [0.05, 0.1) is 11.7 Å². The number of hydrogen-bond donors (Lipinski definition) is 3. The highest BCUT2D eigenvalue weighted by molar-refractivity contribution is 7.80. The number of hydrogen-bond acceptors (Lipinski definition) is 3. The highest BCUT2D eigenvalue weighted by Gasteiger charge is 2.15. The van der Waals surface area contributed by atoms with Crippen molar-refractivity contribution in [3.63, 3.8) is 0 Å². The molecule has 0 unspecified atom stereocenters. The van der Waals surface area contributed by atoms with E-state index in [1.807, 2.05) is 0 Å². The minimum absolute atomic E-state index is 0.0399. The predicted octanol–water partition coefficient (Wildman–Crippen LogP) is 1.11. The third kappa shape index (κ3) is 4.14. The van der Waals surface area contributed by atoms with Crippen LogP contribution in [0.3, 0.4) is 0 Å². The normalized spacial score (nSPS) is 17.6. The van der Waals surface area contributed by atoms with Crippen LogP contribution >= 0.6 is 12.2 Å². The lowest BCUT2D eigenvalue weighted by Gasteiger charge is -2.14. The molecule has 1 heterocycles. The maximum atomic E-state index is 13.4. The fourth-order valence-corrected chi connectivity index (χ4v) is 2.02. The molecule has 2 rings (SSSR count). The molecule has 0 aliphatic carbocycles. The summed E-state index contributed by atoms with van der Waals surface area (Å²) in [7, 11) is 0. The molecular formula is C13H16FN3O2S. The number of benzene rings is 1. The van der Waals surface area contributed by atoms with E-state index in [1.165, 1.54) is 18.2 Å². The first-order valence-electron chi connectivity index (χ1n) is 6.37. The van der Waals surface area contributed by atoms with E-state index >= 15 is 0 Å². The van der Waals surface area contributed by atoms with E-state index in [2.05, 4.69) is 16.2 Å². The van der Waals surface area contributed by atoms with Crippen molar-refractivity contribution in [1.29, 1.82) is 0 Å². The van der Waals surface area contributed by atoms with Crippen LogP contribution in [0.1, 0.15) is 23.2 Å². The maximum Gasteiger partial charge on any atom is 0.272 e. The number of carbonyl (C=O) groups is 1. The molecule has 0 spiro atoms. The Hall–Kier alpha value is -1.73. The summed E-state index contributed by atoms with van der Waals surface area (Å²) < 4.78 is 18.8. The molecule has 0 radical (unpaired) electrons. The van der Waals surface area contributed by atoms with Gasteiger partial charge in [0.25, 0.3) is 5.91 Å². The van der Waals surface area contributed by atoms with Gasteiger partial charge >= 0.3 is 0 Å². The van der Waals surface area contributed by atoms with Crippen LogP contribution in [0.2, 0.25) is 0 Å². The standard InChI is InChI=1S/C13H16FN3O2S/c14-11-6-2-1-5-10(11)12(18)16-17-13(20)15-8-9-4-3-7-19-9/h1-2,5-6,9H,3-4,7-8H2,(H,16,18)(H2,15,17,20)/t9-/m0/s1. The smallest absolute Gasteiger partial charge is 0.272 e. The van der Waals surface area contributed by atoms with Crippen LogP contribution in [0.25, 0.3) is 0 Å². The monoisotopic (exact) mass is 297 g/mol. The SMILES string of the molecule is O=C(NNC(=S)NC[C@@H]1CCCO1)c1ccccc1F. The minimum Gasteiger partial charge on any atom is -0.376 e. The first-order valence-corrected chi connectivity index (χ1v) is 6.78. The molecule has 1 aromatic carbocycles. The molecule has 20 heavy (non-hydrogen) atoms. The lowest BCUT2D eigenvalue weighted by atomic mass is 10.2. The number of halogens is 1. The van der Waals surface area contributed by atoms with E-state index in [4.69, 9.17) is 17.0 Å². The molecule has 0 bridgehead atoms.